The van der Waals surface area contributed by atoms with Crippen molar-refractivity contribution in [2.75, 3.05) is 6.61 Å². The van der Waals surface area contributed by atoms with Gasteiger partial charge in [-0.3, -0.25) is 0 Å². The maximum absolute atomic E-state index is 12.4. The Labute approximate surface area is 133 Å². The molecule has 2 heterocycles. The van der Waals surface area contributed by atoms with Crippen LogP contribution in [-0.2, 0) is 9.47 Å². The van der Waals surface area contributed by atoms with E-state index in [4.69, 9.17) is 14.5 Å². The average Bonchev–Trinajstić information content (AvgIpc) is 2.92. The van der Waals surface area contributed by atoms with Crippen molar-refractivity contribution in [2.24, 2.45) is 0 Å². The first-order chi connectivity index (χ1) is 11.3. The Hall–Kier alpha value is -2.72. The predicted octanol–water partition coefficient (Wildman–Crippen LogP) is 4.11. The van der Waals surface area contributed by atoms with E-state index in [1.165, 1.54) is 0 Å². The zero-order chi connectivity index (χ0) is 15.8. The van der Waals surface area contributed by atoms with Crippen molar-refractivity contribution in [3.8, 4) is 11.3 Å². The summed E-state index contributed by atoms with van der Waals surface area (Å²) in [5, 5.41) is 0.800. The minimum absolute atomic E-state index is 0.353. The molecule has 0 spiro atoms. The quantitative estimate of drug-likeness (QED) is 0.683. The highest BCUT2D eigenvalue weighted by Gasteiger charge is 2.37. The van der Waals surface area contributed by atoms with Gasteiger partial charge in [-0.15, -0.1) is 0 Å². The highest BCUT2D eigenvalue weighted by atomic mass is 16.7. The Balaban J connectivity index is 2.07. The summed E-state index contributed by atoms with van der Waals surface area (Å²) in [6, 6.07) is 17.4. The van der Waals surface area contributed by atoms with Gasteiger partial charge in [0.2, 0.25) is 6.29 Å². The molecule has 1 atom stereocenters. The molecule has 4 nitrogen and oxygen atoms in total. The van der Waals surface area contributed by atoms with Crippen molar-refractivity contribution in [1.82, 2.24) is 4.98 Å². The van der Waals surface area contributed by atoms with Crippen LogP contribution >= 0.6 is 0 Å². The normalized spacial score (nSPS) is 16.4. The largest absolute Gasteiger partial charge is 0.428 e. The zero-order valence-corrected chi connectivity index (χ0v) is 12.7. The summed E-state index contributed by atoms with van der Waals surface area (Å²) < 4.78 is 11.1. The molecule has 0 amide bonds. The molecule has 2 aromatic carbocycles. The number of carbonyl (C=O) groups is 1. The summed E-state index contributed by atoms with van der Waals surface area (Å²) in [6.07, 6.45) is -0.699. The monoisotopic (exact) mass is 305 g/mol. The minimum atomic E-state index is -0.699. The molecule has 114 valence electrons. The van der Waals surface area contributed by atoms with Crippen LogP contribution in [-0.4, -0.2) is 17.6 Å². The number of cyclic esters (lactones) is 1. The number of hydrogen-bond acceptors (Lipinski definition) is 4. The van der Waals surface area contributed by atoms with Crippen molar-refractivity contribution < 1.29 is 14.3 Å². The number of benzene rings is 2. The second kappa shape index (κ2) is 5.48. The second-order valence-electron chi connectivity index (χ2n) is 5.32. The number of nitrogens with zero attached hydrogens (tertiary/aromatic N) is 1. The van der Waals surface area contributed by atoms with E-state index in [9.17, 15) is 4.79 Å². The van der Waals surface area contributed by atoms with Crippen LogP contribution in [0.25, 0.3) is 22.2 Å². The third-order valence-electron chi connectivity index (χ3n) is 3.95. The SMILES string of the molecule is CCOC1OC(=O)c2c1c(-c1ccccc1)nc1ccccc21. The summed E-state index contributed by atoms with van der Waals surface area (Å²) in [4.78, 5) is 17.2. The van der Waals surface area contributed by atoms with Gasteiger partial charge >= 0.3 is 5.97 Å². The highest BCUT2D eigenvalue weighted by Crippen LogP contribution is 2.41. The number of fused-ring (bicyclic) bond motifs is 3. The number of rotatable bonds is 3. The van der Waals surface area contributed by atoms with Gasteiger partial charge in [0, 0.05) is 17.6 Å². The summed E-state index contributed by atoms with van der Waals surface area (Å²) >= 11 is 0. The van der Waals surface area contributed by atoms with Crippen molar-refractivity contribution in [3.63, 3.8) is 0 Å². The molecule has 0 radical (unpaired) electrons. The molecule has 4 heteroatoms. The number of esters is 1. The molecule has 0 saturated heterocycles. The smallest absolute Gasteiger partial charge is 0.342 e. The van der Waals surface area contributed by atoms with Gasteiger partial charge in [-0.1, -0.05) is 48.5 Å². The standard InChI is InChI=1S/C19H15NO3/c1-2-22-19-16-15(18(21)23-19)13-10-6-7-11-14(13)20-17(16)12-8-4-3-5-9-12/h3-11,19H,2H2,1H3. The first-order valence-electron chi connectivity index (χ1n) is 7.60. The first kappa shape index (κ1) is 13.9. The third-order valence-corrected chi connectivity index (χ3v) is 3.95. The van der Waals surface area contributed by atoms with Crippen molar-refractivity contribution >= 4 is 16.9 Å². The molecule has 3 aromatic rings. The van der Waals surface area contributed by atoms with Crippen molar-refractivity contribution in [3.05, 3.63) is 65.7 Å². The molecule has 4 rings (SSSR count). The Morgan fingerprint density at radius 3 is 2.61 bits per heavy atom. The lowest BCUT2D eigenvalue weighted by Gasteiger charge is -2.14. The lowest BCUT2D eigenvalue weighted by molar-refractivity contribution is -0.0991. The molecule has 1 unspecified atom stereocenters. The molecule has 0 fully saturated rings. The molecule has 23 heavy (non-hydrogen) atoms. The van der Waals surface area contributed by atoms with Gasteiger partial charge in [0.25, 0.3) is 0 Å². The van der Waals surface area contributed by atoms with E-state index in [1.807, 2.05) is 61.5 Å². The van der Waals surface area contributed by atoms with Gasteiger partial charge in [-0.05, 0) is 13.0 Å². The second-order valence-corrected chi connectivity index (χ2v) is 5.32. The van der Waals surface area contributed by atoms with Gasteiger partial charge in [0.05, 0.1) is 22.3 Å². The van der Waals surface area contributed by atoms with Crippen LogP contribution in [0.4, 0.5) is 0 Å². The Kier molecular flexibility index (Phi) is 3.32. The topological polar surface area (TPSA) is 48.4 Å². The molecular weight excluding hydrogens is 290 g/mol. The van der Waals surface area contributed by atoms with Crippen LogP contribution in [0.1, 0.15) is 29.1 Å². The minimum Gasteiger partial charge on any atom is -0.428 e. The molecule has 0 N–H and O–H groups in total. The lowest BCUT2D eigenvalue weighted by atomic mass is 9.98. The predicted molar refractivity (Wildman–Crippen MR) is 87.0 cm³/mol. The van der Waals surface area contributed by atoms with Crippen LogP contribution in [0.5, 0.6) is 0 Å². The van der Waals surface area contributed by atoms with Crippen LogP contribution in [0.15, 0.2) is 54.6 Å². The van der Waals surface area contributed by atoms with Crippen LogP contribution < -0.4 is 0 Å². The van der Waals surface area contributed by atoms with Crippen LogP contribution in [0, 0.1) is 0 Å². The summed E-state index contributed by atoms with van der Waals surface area (Å²) in [5.74, 6) is -0.353. The number of hydrogen-bond donors (Lipinski definition) is 0. The molecule has 1 aliphatic rings. The average molecular weight is 305 g/mol. The summed E-state index contributed by atoms with van der Waals surface area (Å²) in [7, 11) is 0. The Bertz CT molecular complexity index is 890. The zero-order valence-electron chi connectivity index (χ0n) is 12.7. The number of para-hydroxylation sites is 1. The van der Waals surface area contributed by atoms with Gasteiger partial charge in [0.15, 0.2) is 0 Å². The molecule has 0 saturated carbocycles. The van der Waals surface area contributed by atoms with Crippen molar-refractivity contribution in [1.29, 1.82) is 0 Å². The molecular formula is C19H15NO3. The van der Waals surface area contributed by atoms with Gasteiger partial charge < -0.3 is 9.47 Å². The van der Waals surface area contributed by atoms with Gasteiger partial charge in [-0.25, -0.2) is 9.78 Å². The van der Waals surface area contributed by atoms with Gasteiger partial charge in [0.1, 0.15) is 0 Å². The van der Waals surface area contributed by atoms with E-state index in [0.717, 1.165) is 27.7 Å². The highest BCUT2D eigenvalue weighted by molar-refractivity contribution is 6.08. The van der Waals surface area contributed by atoms with E-state index in [2.05, 4.69) is 0 Å². The molecule has 1 aliphatic heterocycles. The van der Waals surface area contributed by atoms with E-state index in [-0.39, 0.29) is 5.97 Å². The maximum Gasteiger partial charge on any atom is 0.342 e. The van der Waals surface area contributed by atoms with E-state index >= 15 is 0 Å². The number of ether oxygens (including phenoxy) is 2. The third kappa shape index (κ3) is 2.19. The molecule has 1 aromatic heterocycles. The van der Waals surface area contributed by atoms with E-state index in [1.54, 1.807) is 0 Å². The maximum atomic E-state index is 12.4. The number of pyridine rings is 1. The molecule has 0 aliphatic carbocycles. The van der Waals surface area contributed by atoms with E-state index < -0.39 is 6.29 Å². The van der Waals surface area contributed by atoms with Crippen LogP contribution in [0.2, 0.25) is 0 Å². The molecule has 0 bridgehead atoms. The summed E-state index contributed by atoms with van der Waals surface area (Å²) in [5.41, 5.74) is 3.75. The van der Waals surface area contributed by atoms with E-state index in [0.29, 0.717) is 12.2 Å². The van der Waals surface area contributed by atoms with Crippen molar-refractivity contribution in [2.45, 2.75) is 13.2 Å². The Morgan fingerprint density at radius 1 is 1.09 bits per heavy atom. The first-order valence-corrected chi connectivity index (χ1v) is 7.60. The lowest BCUT2D eigenvalue weighted by Crippen LogP contribution is -2.05. The van der Waals surface area contributed by atoms with Crippen LogP contribution in [0.3, 0.4) is 0 Å². The number of carbonyl (C=O) groups excluding carboxylic acids is 1. The fourth-order valence-corrected chi connectivity index (χ4v) is 2.98. The fourth-order valence-electron chi connectivity index (χ4n) is 2.98. The summed E-state index contributed by atoms with van der Waals surface area (Å²) in [6.45, 7) is 2.33. The Morgan fingerprint density at radius 2 is 1.83 bits per heavy atom. The van der Waals surface area contributed by atoms with Gasteiger partial charge in [-0.2, -0.15) is 0 Å². The fraction of sp³-hybridized carbons (Fsp3) is 0.158. The number of aromatic nitrogens is 1.